The Balaban J connectivity index is 2.10. The highest BCUT2D eigenvalue weighted by Gasteiger charge is 2.14. The maximum absolute atomic E-state index is 12.5. The van der Waals surface area contributed by atoms with Crippen LogP contribution in [0.1, 0.15) is 41.0 Å². The summed E-state index contributed by atoms with van der Waals surface area (Å²) in [6.45, 7) is 5.09. The average Bonchev–Trinajstić information content (AvgIpc) is 2.61. The van der Waals surface area contributed by atoms with Crippen molar-refractivity contribution < 1.29 is 14.3 Å². The van der Waals surface area contributed by atoms with Gasteiger partial charge < -0.3 is 15.4 Å². The topological polar surface area (TPSA) is 80.3 Å². The molecule has 0 aliphatic heterocycles. The first-order valence-electron chi connectivity index (χ1n) is 8.20. The minimum atomic E-state index is -0.498. The molecule has 2 rings (SSSR count). The molecule has 6 nitrogen and oxygen atoms in total. The van der Waals surface area contributed by atoms with E-state index in [9.17, 15) is 9.59 Å². The highest BCUT2D eigenvalue weighted by atomic mass is 16.5. The van der Waals surface area contributed by atoms with E-state index in [1.165, 1.54) is 7.11 Å². The summed E-state index contributed by atoms with van der Waals surface area (Å²) in [7, 11) is 1.30. The summed E-state index contributed by atoms with van der Waals surface area (Å²) in [5.41, 5.74) is 1.18. The Morgan fingerprint density at radius 2 is 1.96 bits per heavy atom. The fraction of sp³-hybridized carbons (Fsp3) is 0.316. The highest BCUT2D eigenvalue weighted by Crippen LogP contribution is 2.18. The molecule has 0 fully saturated rings. The number of rotatable bonds is 7. The van der Waals surface area contributed by atoms with Crippen molar-refractivity contribution in [1.82, 2.24) is 4.98 Å². The van der Waals surface area contributed by atoms with Gasteiger partial charge in [-0.1, -0.05) is 26.0 Å². The van der Waals surface area contributed by atoms with E-state index in [2.05, 4.69) is 29.5 Å². The smallest absolute Gasteiger partial charge is 0.339 e. The molecule has 0 bridgehead atoms. The lowest BCUT2D eigenvalue weighted by Crippen LogP contribution is -2.16. The minimum Gasteiger partial charge on any atom is -0.465 e. The second kappa shape index (κ2) is 8.82. The molecule has 1 aromatic heterocycles. The Morgan fingerprint density at radius 3 is 2.68 bits per heavy atom. The van der Waals surface area contributed by atoms with Gasteiger partial charge in [-0.05, 0) is 36.6 Å². The summed E-state index contributed by atoms with van der Waals surface area (Å²) in [5.74, 6) is 0.427. The van der Waals surface area contributed by atoms with E-state index in [1.807, 2.05) is 0 Å². The molecule has 0 unspecified atom stereocenters. The first-order valence-corrected chi connectivity index (χ1v) is 8.20. The van der Waals surface area contributed by atoms with Crippen molar-refractivity contribution in [1.29, 1.82) is 0 Å². The number of anilines is 2. The van der Waals surface area contributed by atoms with Gasteiger partial charge in [-0.25, -0.2) is 9.78 Å². The number of para-hydroxylation sites is 1. The lowest BCUT2D eigenvalue weighted by atomic mass is 10.1. The SMILES string of the molecule is COC(=O)c1ccccc1NC(=O)c1ccnc(NCCC(C)C)c1. The maximum Gasteiger partial charge on any atom is 0.339 e. The summed E-state index contributed by atoms with van der Waals surface area (Å²) >= 11 is 0. The molecule has 0 spiro atoms. The van der Waals surface area contributed by atoms with Gasteiger partial charge in [0.05, 0.1) is 18.4 Å². The van der Waals surface area contributed by atoms with E-state index >= 15 is 0 Å². The van der Waals surface area contributed by atoms with Crippen LogP contribution in [-0.2, 0) is 4.74 Å². The molecular weight excluding hydrogens is 318 g/mol. The van der Waals surface area contributed by atoms with Gasteiger partial charge in [-0.3, -0.25) is 4.79 Å². The fourth-order valence-electron chi connectivity index (χ4n) is 2.23. The quantitative estimate of drug-likeness (QED) is 0.753. The largest absolute Gasteiger partial charge is 0.465 e. The van der Waals surface area contributed by atoms with E-state index in [0.29, 0.717) is 28.6 Å². The third-order valence-corrected chi connectivity index (χ3v) is 3.63. The van der Waals surface area contributed by atoms with Crippen molar-refractivity contribution in [2.75, 3.05) is 24.3 Å². The molecule has 0 atom stereocenters. The molecule has 1 aromatic carbocycles. The normalized spacial score (nSPS) is 10.4. The standard InChI is InChI=1S/C19H23N3O3/c1-13(2)8-10-20-17-12-14(9-11-21-17)18(23)22-16-7-5-4-6-15(16)19(24)25-3/h4-7,9,11-13H,8,10H2,1-3H3,(H,20,21)(H,22,23). The summed E-state index contributed by atoms with van der Waals surface area (Å²) in [6, 6.07) is 10.0. The first-order chi connectivity index (χ1) is 12.0. The van der Waals surface area contributed by atoms with Crippen LogP contribution in [0.4, 0.5) is 11.5 Å². The van der Waals surface area contributed by atoms with Gasteiger partial charge in [0.15, 0.2) is 0 Å². The lowest BCUT2D eigenvalue weighted by Gasteiger charge is -2.11. The van der Waals surface area contributed by atoms with Crippen LogP contribution < -0.4 is 10.6 Å². The second-order valence-electron chi connectivity index (χ2n) is 6.03. The Bertz CT molecular complexity index is 744. The van der Waals surface area contributed by atoms with E-state index < -0.39 is 5.97 Å². The Kier molecular flexibility index (Phi) is 6.51. The third kappa shape index (κ3) is 5.31. The van der Waals surface area contributed by atoms with E-state index in [1.54, 1.807) is 42.6 Å². The van der Waals surface area contributed by atoms with Crippen LogP contribution in [0.15, 0.2) is 42.6 Å². The number of carbonyl (C=O) groups is 2. The van der Waals surface area contributed by atoms with Crippen LogP contribution in [0, 0.1) is 5.92 Å². The number of hydrogen-bond acceptors (Lipinski definition) is 5. The van der Waals surface area contributed by atoms with Gasteiger partial charge in [0, 0.05) is 18.3 Å². The number of methoxy groups -OCH3 is 1. The summed E-state index contributed by atoms with van der Waals surface area (Å²) in [4.78, 5) is 28.5. The van der Waals surface area contributed by atoms with Crippen molar-refractivity contribution in [2.24, 2.45) is 5.92 Å². The molecule has 1 amide bonds. The van der Waals surface area contributed by atoms with Gasteiger partial charge in [-0.15, -0.1) is 0 Å². The fourth-order valence-corrected chi connectivity index (χ4v) is 2.23. The number of pyridine rings is 1. The number of carbonyl (C=O) groups excluding carboxylic acids is 2. The van der Waals surface area contributed by atoms with Gasteiger partial charge in [0.2, 0.25) is 0 Å². The summed E-state index contributed by atoms with van der Waals surface area (Å²) < 4.78 is 4.74. The monoisotopic (exact) mass is 341 g/mol. The molecular formula is C19H23N3O3. The number of benzene rings is 1. The number of hydrogen-bond donors (Lipinski definition) is 2. The molecule has 0 aliphatic carbocycles. The van der Waals surface area contributed by atoms with Gasteiger partial charge in [-0.2, -0.15) is 0 Å². The Hall–Kier alpha value is -2.89. The molecule has 0 radical (unpaired) electrons. The first kappa shape index (κ1) is 18.4. The highest BCUT2D eigenvalue weighted by molar-refractivity contribution is 6.08. The zero-order valence-corrected chi connectivity index (χ0v) is 14.7. The minimum absolute atomic E-state index is 0.308. The number of nitrogens with zero attached hydrogens (tertiary/aromatic N) is 1. The van der Waals surface area contributed by atoms with Crippen LogP contribution in [0.25, 0.3) is 0 Å². The molecule has 0 saturated carbocycles. The predicted octanol–water partition coefficient (Wildman–Crippen LogP) is 3.58. The van der Waals surface area contributed by atoms with Crippen LogP contribution in [0.2, 0.25) is 0 Å². The molecule has 2 N–H and O–H groups in total. The Labute approximate surface area is 147 Å². The van der Waals surface area contributed by atoms with Gasteiger partial charge in [0.1, 0.15) is 5.82 Å². The van der Waals surface area contributed by atoms with E-state index in [0.717, 1.165) is 13.0 Å². The molecule has 1 heterocycles. The van der Waals surface area contributed by atoms with Crippen LogP contribution >= 0.6 is 0 Å². The molecule has 6 heteroatoms. The number of aromatic nitrogens is 1. The number of amides is 1. The van der Waals surface area contributed by atoms with Crippen molar-refractivity contribution >= 4 is 23.4 Å². The molecule has 132 valence electrons. The predicted molar refractivity (Wildman–Crippen MR) is 97.9 cm³/mol. The molecule has 25 heavy (non-hydrogen) atoms. The van der Waals surface area contributed by atoms with E-state index in [-0.39, 0.29) is 5.91 Å². The maximum atomic E-state index is 12.5. The van der Waals surface area contributed by atoms with Crippen molar-refractivity contribution in [3.05, 3.63) is 53.7 Å². The average molecular weight is 341 g/mol. The summed E-state index contributed by atoms with van der Waals surface area (Å²) in [5, 5.41) is 5.96. The lowest BCUT2D eigenvalue weighted by molar-refractivity contribution is 0.0602. The van der Waals surface area contributed by atoms with Crippen molar-refractivity contribution in [3.63, 3.8) is 0 Å². The molecule has 2 aromatic rings. The van der Waals surface area contributed by atoms with Crippen LogP contribution in [0.5, 0.6) is 0 Å². The van der Waals surface area contributed by atoms with Crippen LogP contribution in [0.3, 0.4) is 0 Å². The number of esters is 1. The number of nitrogens with one attached hydrogen (secondary N) is 2. The van der Waals surface area contributed by atoms with Gasteiger partial charge in [0.25, 0.3) is 5.91 Å². The summed E-state index contributed by atoms with van der Waals surface area (Å²) in [6.07, 6.45) is 2.60. The zero-order valence-electron chi connectivity index (χ0n) is 14.7. The second-order valence-corrected chi connectivity index (χ2v) is 6.03. The zero-order chi connectivity index (χ0) is 18.2. The van der Waals surface area contributed by atoms with E-state index in [4.69, 9.17) is 4.74 Å². The number of ether oxygens (including phenoxy) is 1. The molecule has 0 saturated heterocycles. The third-order valence-electron chi connectivity index (χ3n) is 3.63. The van der Waals surface area contributed by atoms with Crippen molar-refractivity contribution in [3.8, 4) is 0 Å². The van der Waals surface area contributed by atoms with Crippen LogP contribution in [-0.4, -0.2) is 30.5 Å². The molecule has 0 aliphatic rings. The van der Waals surface area contributed by atoms with Crippen molar-refractivity contribution in [2.45, 2.75) is 20.3 Å². The Morgan fingerprint density at radius 1 is 1.20 bits per heavy atom. The van der Waals surface area contributed by atoms with Gasteiger partial charge >= 0.3 is 5.97 Å².